The minimum absolute atomic E-state index is 0.0963. The van der Waals surface area contributed by atoms with Crippen molar-refractivity contribution in [2.45, 2.75) is 88.2 Å². The van der Waals surface area contributed by atoms with Crippen LogP contribution < -0.4 is 10.6 Å². The maximum Gasteiger partial charge on any atom is 0.407 e. The highest BCUT2D eigenvalue weighted by Crippen LogP contribution is 2.40. The Balaban J connectivity index is 0.899. The zero-order chi connectivity index (χ0) is 42.5. The molecule has 3 fully saturated rings. The van der Waals surface area contributed by atoms with Crippen molar-refractivity contribution in [3.8, 4) is 11.3 Å². The number of fused-ring (bicyclic) bond motifs is 3. The second-order valence-corrected chi connectivity index (χ2v) is 17.8. The zero-order valence-corrected chi connectivity index (χ0v) is 35.6. The third-order valence-corrected chi connectivity index (χ3v) is 13.4. The Labute approximate surface area is 356 Å². The van der Waals surface area contributed by atoms with Gasteiger partial charge in [-0.05, 0) is 98.1 Å². The lowest BCUT2D eigenvalue weighted by Crippen LogP contribution is -2.48. The number of hydrogen-bond acceptors (Lipinski definition) is 7. The molecule has 0 radical (unpaired) electrons. The van der Waals surface area contributed by atoms with E-state index in [1.54, 1.807) is 4.57 Å². The van der Waals surface area contributed by atoms with E-state index in [2.05, 4.69) is 58.1 Å². The lowest BCUT2D eigenvalue weighted by atomic mass is 9.79. The van der Waals surface area contributed by atoms with Crippen molar-refractivity contribution in [3.05, 3.63) is 126 Å². The molecule has 6 aromatic rings. The quantitative estimate of drug-likeness (QED) is 0.108. The number of likely N-dealkylation sites (tertiary alicyclic amines) is 1. The summed E-state index contributed by atoms with van der Waals surface area (Å²) < 4.78 is 1.73. The molecule has 12 heteroatoms. The molecule has 0 spiro atoms. The van der Waals surface area contributed by atoms with Crippen LogP contribution in [0.1, 0.15) is 97.6 Å². The number of aromatic amines is 1. The van der Waals surface area contributed by atoms with Crippen LogP contribution in [0.2, 0.25) is 0 Å². The summed E-state index contributed by atoms with van der Waals surface area (Å²) in [5, 5.41) is 20.8. The maximum absolute atomic E-state index is 14.3. The summed E-state index contributed by atoms with van der Waals surface area (Å²) in [7, 11) is 5.39. The number of H-pyrrole nitrogens is 1. The summed E-state index contributed by atoms with van der Waals surface area (Å²) in [5.74, 6) is 0.847. The first-order valence-corrected chi connectivity index (χ1v) is 21.7. The molecule has 7 atom stereocenters. The Morgan fingerprint density at radius 3 is 2.31 bits per heavy atom. The number of nitrogens with one attached hydrogen (secondary N) is 3. The van der Waals surface area contributed by atoms with Crippen molar-refractivity contribution in [2.24, 2.45) is 5.92 Å². The van der Waals surface area contributed by atoms with Gasteiger partial charge in [0.05, 0.1) is 29.1 Å². The van der Waals surface area contributed by atoms with E-state index in [-0.39, 0.29) is 48.1 Å². The minimum Gasteiger partial charge on any atom is -0.465 e. The van der Waals surface area contributed by atoms with Crippen LogP contribution in [0, 0.1) is 5.92 Å². The standard InChI is InChI=1S/C49H56N8O4/c1-29(2)43(55(5)49(60)61)48(59)57-40-15-10-9-14-36(40)27-42(57)46-51-37-22-21-34(26-38(37)52-46)32-17-18-33-25-35(20-19-31(33)24-32)39-28-50-45(53-39)41-16-11-23-56(41)47(58)44(54(3)4)30-12-7-6-8-13-30/h6-10,12-15,17-20,24-25,27-29,34,37-38,41,43-44,46,51-52H,11,16,21-23,26H2,1-5H3,(H,50,53)(H,60,61)/t34?,37-,38-,41-,43-,44-,46+/m0/s1. The maximum atomic E-state index is 14.3. The Morgan fingerprint density at radius 1 is 0.803 bits per heavy atom. The SMILES string of the molecule is CC(C)[C@@H](C(=O)n1c([C@@H]2N[C@H]3CCC(c4ccc5cc(-c6cnc([C@@H]7CCCN7C(=O)[C@H](c7ccccc7)N(C)C)[nH]6)ccc5c4)C[C@@H]3N2)cc2ccccc21)N(C)C(=O)O. The molecular formula is C49H56N8O4. The number of benzene rings is 4. The highest BCUT2D eigenvalue weighted by atomic mass is 16.4. The number of likely N-dealkylation sites (N-methyl/N-ethyl adjacent to an activating group) is 2. The summed E-state index contributed by atoms with van der Waals surface area (Å²) in [6.45, 7) is 4.49. The van der Waals surface area contributed by atoms with E-state index < -0.39 is 12.1 Å². The average molecular weight is 821 g/mol. The van der Waals surface area contributed by atoms with Gasteiger partial charge in [0.2, 0.25) is 5.91 Å². The first-order chi connectivity index (χ1) is 29.5. The largest absolute Gasteiger partial charge is 0.465 e. The molecule has 3 aliphatic rings. The third-order valence-electron chi connectivity index (χ3n) is 13.4. The monoisotopic (exact) mass is 820 g/mol. The van der Waals surface area contributed by atoms with Gasteiger partial charge in [-0.25, -0.2) is 9.78 Å². The van der Waals surface area contributed by atoms with Crippen LogP contribution in [0.5, 0.6) is 0 Å². The molecule has 316 valence electrons. The smallest absolute Gasteiger partial charge is 0.407 e. The molecular weight excluding hydrogens is 765 g/mol. The first kappa shape index (κ1) is 40.6. The van der Waals surface area contributed by atoms with E-state index in [1.165, 1.54) is 18.0 Å². The molecule has 1 unspecified atom stereocenters. The summed E-state index contributed by atoms with van der Waals surface area (Å²) >= 11 is 0. The first-order valence-electron chi connectivity index (χ1n) is 21.7. The highest BCUT2D eigenvalue weighted by Gasteiger charge is 2.42. The number of imidazole rings is 1. The number of carbonyl (C=O) groups excluding carboxylic acids is 2. The van der Waals surface area contributed by atoms with E-state index in [0.717, 1.165) is 81.6 Å². The van der Waals surface area contributed by atoms with Crippen molar-refractivity contribution in [3.63, 3.8) is 0 Å². The van der Waals surface area contributed by atoms with Crippen LogP contribution in [-0.2, 0) is 4.79 Å². The lowest BCUT2D eigenvalue weighted by Gasteiger charge is -2.31. The van der Waals surface area contributed by atoms with Crippen LogP contribution in [0.15, 0.2) is 103 Å². The van der Waals surface area contributed by atoms with Crippen molar-refractivity contribution >= 4 is 39.6 Å². The summed E-state index contributed by atoms with van der Waals surface area (Å²) in [5.41, 5.74) is 5.90. The van der Waals surface area contributed by atoms with Crippen LogP contribution in [0.25, 0.3) is 32.9 Å². The van der Waals surface area contributed by atoms with Crippen molar-refractivity contribution in [2.75, 3.05) is 27.7 Å². The van der Waals surface area contributed by atoms with Crippen LogP contribution in [0.3, 0.4) is 0 Å². The van der Waals surface area contributed by atoms with Crippen molar-refractivity contribution in [1.29, 1.82) is 0 Å². The molecule has 12 nitrogen and oxygen atoms in total. The van der Waals surface area contributed by atoms with E-state index in [1.807, 2.05) is 98.5 Å². The van der Waals surface area contributed by atoms with Crippen molar-refractivity contribution in [1.82, 2.24) is 39.9 Å². The lowest BCUT2D eigenvalue weighted by molar-refractivity contribution is -0.137. The number of hydrogen-bond donors (Lipinski definition) is 4. The van der Waals surface area contributed by atoms with Gasteiger partial charge < -0.3 is 15.0 Å². The van der Waals surface area contributed by atoms with Gasteiger partial charge in [-0.3, -0.25) is 34.6 Å². The predicted molar refractivity (Wildman–Crippen MR) is 238 cm³/mol. The van der Waals surface area contributed by atoms with Gasteiger partial charge in [0.25, 0.3) is 5.91 Å². The summed E-state index contributed by atoms with van der Waals surface area (Å²) in [6, 6.07) is 32.4. The summed E-state index contributed by atoms with van der Waals surface area (Å²) in [6.07, 6.45) is 5.33. The zero-order valence-electron chi connectivity index (χ0n) is 35.6. The van der Waals surface area contributed by atoms with Crippen LogP contribution >= 0.6 is 0 Å². The second kappa shape index (κ2) is 16.6. The van der Waals surface area contributed by atoms with E-state index in [0.29, 0.717) is 12.5 Å². The van der Waals surface area contributed by atoms with Crippen LogP contribution in [-0.4, -0.2) is 98.1 Å². The number of nitrogens with zero attached hydrogens (tertiary/aromatic N) is 5. The number of amides is 2. The average Bonchev–Trinajstić information content (AvgIpc) is 4.08. The Kier molecular flexibility index (Phi) is 11.0. The molecule has 1 saturated carbocycles. The van der Waals surface area contributed by atoms with Gasteiger partial charge in [-0.15, -0.1) is 0 Å². The van der Waals surface area contributed by atoms with Crippen molar-refractivity contribution < 1.29 is 19.5 Å². The van der Waals surface area contributed by atoms with Gasteiger partial charge >= 0.3 is 6.09 Å². The molecule has 4 heterocycles. The van der Waals surface area contributed by atoms with Gasteiger partial charge in [-0.2, -0.15) is 0 Å². The van der Waals surface area contributed by atoms with E-state index in [4.69, 9.17) is 4.98 Å². The van der Waals surface area contributed by atoms with Gasteiger partial charge in [-0.1, -0.05) is 92.7 Å². The fraction of sp³-hybridized carbons (Fsp3) is 0.388. The molecule has 4 N–H and O–H groups in total. The normalized spacial score (nSPS) is 22.5. The van der Waals surface area contributed by atoms with E-state index in [9.17, 15) is 19.5 Å². The Morgan fingerprint density at radius 2 is 1.54 bits per heavy atom. The molecule has 9 rings (SSSR count). The molecule has 2 aliphatic heterocycles. The topological polar surface area (TPSA) is 139 Å². The molecule has 2 aromatic heterocycles. The Hall–Kier alpha value is -5.82. The van der Waals surface area contributed by atoms with Crippen LogP contribution in [0.4, 0.5) is 4.79 Å². The number of rotatable bonds is 10. The molecule has 4 aromatic carbocycles. The molecule has 1 aliphatic carbocycles. The molecule has 2 saturated heterocycles. The van der Waals surface area contributed by atoms with E-state index >= 15 is 0 Å². The molecule has 0 bridgehead atoms. The Bertz CT molecular complexity index is 2580. The van der Waals surface area contributed by atoms with Gasteiger partial charge in [0.15, 0.2) is 0 Å². The fourth-order valence-electron chi connectivity index (χ4n) is 10.4. The summed E-state index contributed by atoms with van der Waals surface area (Å²) in [4.78, 5) is 53.9. The van der Waals surface area contributed by atoms with Gasteiger partial charge in [0, 0.05) is 36.6 Å². The number of aromatic nitrogens is 3. The molecule has 61 heavy (non-hydrogen) atoms. The van der Waals surface area contributed by atoms with Gasteiger partial charge in [0.1, 0.15) is 24.1 Å². The molecule has 2 amide bonds. The minimum atomic E-state index is -1.13. The predicted octanol–water partition coefficient (Wildman–Crippen LogP) is 8.32. The second-order valence-electron chi connectivity index (χ2n) is 17.8. The third kappa shape index (κ3) is 7.62. The number of carboxylic acid groups (broad SMARTS) is 1. The number of para-hydroxylation sites is 1. The fourth-order valence-corrected chi connectivity index (χ4v) is 10.4. The highest BCUT2D eigenvalue weighted by molar-refractivity contribution is 5.97. The number of carbonyl (C=O) groups is 3.